The lowest BCUT2D eigenvalue weighted by atomic mass is 10.2. The maximum atomic E-state index is 5.57. The van der Waals surface area contributed by atoms with Gasteiger partial charge in [0.2, 0.25) is 0 Å². The van der Waals surface area contributed by atoms with Crippen molar-refractivity contribution >= 4 is 24.0 Å². The molecule has 0 spiro atoms. The van der Waals surface area contributed by atoms with Crippen molar-refractivity contribution in [1.29, 1.82) is 0 Å². The highest BCUT2D eigenvalue weighted by molar-refractivity contribution is 7.80. The van der Waals surface area contributed by atoms with E-state index in [9.17, 15) is 0 Å². The molecule has 1 rings (SSSR count). The van der Waals surface area contributed by atoms with Gasteiger partial charge in [-0.15, -0.1) is 11.3 Å². The molecule has 0 aliphatic carbocycles. The van der Waals surface area contributed by atoms with Gasteiger partial charge in [-0.25, -0.2) is 0 Å². The topological polar surface area (TPSA) is 9.23 Å². The van der Waals surface area contributed by atoms with Crippen molar-refractivity contribution in [3.8, 4) is 0 Å². The smallest absolute Gasteiger partial charge is 0.0514 e. The summed E-state index contributed by atoms with van der Waals surface area (Å²) in [6.45, 7) is 1.78. The maximum Gasteiger partial charge on any atom is 0.0514 e. The Kier molecular flexibility index (Phi) is 8.07. The summed E-state index contributed by atoms with van der Waals surface area (Å²) in [5, 5.41) is 2.12. The SMILES string of the molecule is SCCCCCCOCCc1cccs1. The lowest BCUT2D eigenvalue weighted by molar-refractivity contribution is 0.133. The predicted molar refractivity (Wildman–Crippen MR) is 71.2 cm³/mol. The van der Waals surface area contributed by atoms with Gasteiger partial charge in [0.25, 0.3) is 0 Å². The average Bonchev–Trinajstić information content (AvgIpc) is 2.75. The van der Waals surface area contributed by atoms with E-state index in [-0.39, 0.29) is 0 Å². The molecular formula is C12H20OS2. The van der Waals surface area contributed by atoms with Crippen LogP contribution in [0.1, 0.15) is 30.6 Å². The summed E-state index contributed by atoms with van der Waals surface area (Å²) in [5.41, 5.74) is 0. The molecule has 0 fully saturated rings. The van der Waals surface area contributed by atoms with Crippen LogP contribution >= 0.6 is 24.0 Å². The van der Waals surface area contributed by atoms with E-state index in [1.165, 1.54) is 30.6 Å². The summed E-state index contributed by atoms with van der Waals surface area (Å²) in [5.74, 6) is 1.01. The first-order valence-corrected chi connectivity index (χ1v) is 7.15. The molecule has 15 heavy (non-hydrogen) atoms. The van der Waals surface area contributed by atoms with Gasteiger partial charge < -0.3 is 4.74 Å². The van der Waals surface area contributed by atoms with E-state index in [0.717, 1.165) is 25.4 Å². The Labute approximate surface area is 102 Å². The van der Waals surface area contributed by atoms with E-state index in [2.05, 4.69) is 30.1 Å². The molecule has 1 nitrogen and oxygen atoms in total. The first kappa shape index (κ1) is 13.1. The Morgan fingerprint density at radius 2 is 2.00 bits per heavy atom. The van der Waals surface area contributed by atoms with Crippen molar-refractivity contribution in [2.75, 3.05) is 19.0 Å². The average molecular weight is 244 g/mol. The van der Waals surface area contributed by atoms with Crippen molar-refractivity contribution in [3.05, 3.63) is 22.4 Å². The fourth-order valence-electron chi connectivity index (χ4n) is 1.40. The first-order chi connectivity index (χ1) is 7.43. The Hall–Kier alpha value is 0.01000. The lowest BCUT2D eigenvalue weighted by Gasteiger charge is -2.02. The van der Waals surface area contributed by atoms with Crippen molar-refractivity contribution in [1.82, 2.24) is 0 Å². The molecule has 1 heterocycles. The molecule has 0 saturated carbocycles. The third-order valence-corrected chi connectivity index (χ3v) is 3.52. The molecular weight excluding hydrogens is 224 g/mol. The van der Waals surface area contributed by atoms with Crippen LogP contribution in [-0.2, 0) is 11.2 Å². The summed E-state index contributed by atoms with van der Waals surface area (Å²) in [6.07, 6.45) is 6.06. The van der Waals surface area contributed by atoms with Gasteiger partial charge >= 0.3 is 0 Å². The maximum absolute atomic E-state index is 5.57. The normalized spacial score (nSPS) is 10.7. The molecule has 0 atom stereocenters. The number of ether oxygens (including phenoxy) is 1. The molecule has 0 bridgehead atoms. The van der Waals surface area contributed by atoms with Crippen LogP contribution in [0.2, 0.25) is 0 Å². The molecule has 0 amide bonds. The van der Waals surface area contributed by atoms with E-state index >= 15 is 0 Å². The van der Waals surface area contributed by atoms with E-state index < -0.39 is 0 Å². The Bertz CT molecular complexity index is 222. The highest BCUT2D eigenvalue weighted by Gasteiger charge is 1.94. The largest absolute Gasteiger partial charge is 0.381 e. The second-order valence-corrected chi connectivity index (χ2v) is 5.06. The van der Waals surface area contributed by atoms with Gasteiger partial charge in [-0.1, -0.05) is 18.9 Å². The second-order valence-electron chi connectivity index (χ2n) is 3.58. The van der Waals surface area contributed by atoms with Crippen LogP contribution in [0.15, 0.2) is 17.5 Å². The van der Waals surface area contributed by atoms with Crippen LogP contribution < -0.4 is 0 Å². The summed E-state index contributed by atoms with van der Waals surface area (Å²) in [4.78, 5) is 1.42. The summed E-state index contributed by atoms with van der Waals surface area (Å²) in [6, 6.07) is 4.26. The van der Waals surface area contributed by atoms with Crippen LogP contribution in [-0.4, -0.2) is 19.0 Å². The number of hydrogen-bond donors (Lipinski definition) is 1. The van der Waals surface area contributed by atoms with Gasteiger partial charge in [-0.05, 0) is 30.0 Å². The zero-order valence-corrected chi connectivity index (χ0v) is 10.9. The summed E-state index contributed by atoms with van der Waals surface area (Å²) < 4.78 is 5.57. The van der Waals surface area contributed by atoms with Crippen LogP contribution in [0.4, 0.5) is 0 Å². The van der Waals surface area contributed by atoms with E-state index in [1.54, 1.807) is 0 Å². The minimum Gasteiger partial charge on any atom is -0.381 e. The van der Waals surface area contributed by atoms with E-state index in [0.29, 0.717) is 0 Å². The van der Waals surface area contributed by atoms with Gasteiger partial charge in [0.15, 0.2) is 0 Å². The molecule has 0 saturated heterocycles. The number of rotatable bonds is 9. The van der Waals surface area contributed by atoms with Crippen molar-refractivity contribution in [2.24, 2.45) is 0 Å². The lowest BCUT2D eigenvalue weighted by Crippen LogP contribution is -1.99. The number of thiol groups is 1. The molecule has 1 aromatic rings. The van der Waals surface area contributed by atoms with Gasteiger partial charge in [0, 0.05) is 17.9 Å². The zero-order valence-electron chi connectivity index (χ0n) is 9.15. The summed E-state index contributed by atoms with van der Waals surface area (Å²) in [7, 11) is 0. The van der Waals surface area contributed by atoms with E-state index in [1.807, 2.05) is 11.3 Å². The van der Waals surface area contributed by atoms with Crippen molar-refractivity contribution in [3.63, 3.8) is 0 Å². The Morgan fingerprint density at radius 3 is 2.73 bits per heavy atom. The quantitative estimate of drug-likeness (QED) is 0.513. The summed E-state index contributed by atoms with van der Waals surface area (Å²) >= 11 is 5.99. The number of thiophene rings is 1. The van der Waals surface area contributed by atoms with Gasteiger partial charge in [-0.2, -0.15) is 12.6 Å². The monoisotopic (exact) mass is 244 g/mol. The van der Waals surface area contributed by atoms with Crippen LogP contribution in [0, 0.1) is 0 Å². The highest BCUT2D eigenvalue weighted by atomic mass is 32.1. The molecule has 86 valence electrons. The second kappa shape index (κ2) is 9.25. The molecule has 3 heteroatoms. The van der Waals surface area contributed by atoms with Crippen LogP contribution in [0.5, 0.6) is 0 Å². The van der Waals surface area contributed by atoms with Gasteiger partial charge in [0.05, 0.1) is 6.61 Å². The fourth-order valence-corrected chi connectivity index (χ4v) is 2.31. The zero-order chi connectivity index (χ0) is 10.8. The predicted octanol–water partition coefficient (Wildman–Crippen LogP) is 3.80. The Balaban J connectivity index is 1.81. The van der Waals surface area contributed by atoms with Gasteiger partial charge in [0.1, 0.15) is 0 Å². The Morgan fingerprint density at radius 1 is 1.13 bits per heavy atom. The first-order valence-electron chi connectivity index (χ1n) is 5.64. The number of hydrogen-bond acceptors (Lipinski definition) is 3. The van der Waals surface area contributed by atoms with Crippen LogP contribution in [0.3, 0.4) is 0 Å². The molecule has 0 aliphatic heterocycles. The minimum absolute atomic E-state index is 0.868. The molecule has 0 N–H and O–H groups in total. The number of unbranched alkanes of at least 4 members (excludes halogenated alkanes) is 3. The van der Waals surface area contributed by atoms with Crippen LogP contribution in [0.25, 0.3) is 0 Å². The molecule has 1 aromatic heterocycles. The van der Waals surface area contributed by atoms with Crippen molar-refractivity contribution in [2.45, 2.75) is 32.1 Å². The fraction of sp³-hybridized carbons (Fsp3) is 0.667. The highest BCUT2D eigenvalue weighted by Crippen LogP contribution is 2.09. The minimum atomic E-state index is 0.868. The molecule has 0 unspecified atom stereocenters. The van der Waals surface area contributed by atoms with E-state index in [4.69, 9.17) is 4.74 Å². The molecule has 0 radical (unpaired) electrons. The third kappa shape index (κ3) is 6.98. The molecule has 0 aliphatic rings. The standard InChI is InChI=1S/C12H20OS2/c14-10-4-2-1-3-8-13-9-7-12-6-5-11-15-12/h5-6,11,14H,1-4,7-10H2. The third-order valence-electron chi connectivity index (χ3n) is 2.27. The van der Waals surface area contributed by atoms with Crippen molar-refractivity contribution < 1.29 is 4.74 Å². The molecule has 0 aromatic carbocycles. The van der Waals surface area contributed by atoms with Gasteiger partial charge in [-0.3, -0.25) is 0 Å².